The molecule has 2 amide bonds. The molecule has 0 spiro atoms. The first-order chi connectivity index (χ1) is 9.14. The van der Waals surface area contributed by atoms with Gasteiger partial charge < -0.3 is 21.1 Å². The van der Waals surface area contributed by atoms with Crippen LogP contribution in [0, 0.1) is 0 Å². The first-order valence-electron chi connectivity index (χ1n) is 6.56. The van der Waals surface area contributed by atoms with Gasteiger partial charge in [0.2, 0.25) is 0 Å². The van der Waals surface area contributed by atoms with Crippen LogP contribution in [-0.2, 0) is 10.3 Å². The lowest BCUT2D eigenvalue weighted by atomic mass is 9.92. The molecule has 0 radical (unpaired) electrons. The van der Waals surface area contributed by atoms with Gasteiger partial charge in [-0.3, -0.25) is 0 Å². The van der Waals surface area contributed by atoms with Gasteiger partial charge >= 0.3 is 6.03 Å². The van der Waals surface area contributed by atoms with E-state index in [0.717, 1.165) is 12.0 Å². The van der Waals surface area contributed by atoms with E-state index in [-0.39, 0.29) is 12.1 Å². The van der Waals surface area contributed by atoms with Gasteiger partial charge in [-0.15, -0.1) is 0 Å². The van der Waals surface area contributed by atoms with Crippen molar-refractivity contribution in [2.24, 2.45) is 5.73 Å². The lowest BCUT2D eigenvalue weighted by Gasteiger charge is -2.30. The van der Waals surface area contributed by atoms with Crippen LogP contribution >= 0.6 is 0 Å². The topological polar surface area (TPSA) is 76.4 Å². The van der Waals surface area contributed by atoms with E-state index in [1.165, 1.54) is 0 Å². The van der Waals surface area contributed by atoms with Crippen molar-refractivity contribution in [2.45, 2.75) is 24.9 Å². The molecule has 1 aromatic rings. The van der Waals surface area contributed by atoms with Crippen LogP contribution in [0.1, 0.15) is 18.9 Å². The summed E-state index contributed by atoms with van der Waals surface area (Å²) in [6.45, 7) is 3.55. The second kappa shape index (κ2) is 6.04. The van der Waals surface area contributed by atoms with E-state index in [1.54, 1.807) is 0 Å². The zero-order valence-corrected chi connectivity index (χ0v) is 11.2. The van der Waals surface area contributed by atoms with Gasteiger partial charge in [-0.05, 0) is 18.9 Å². The van der Waals surface area contributed by atoms with Crippen LogP contribution in [0.25, 0.3) is 0 Å². The molecule has 1 aliphatic heterocycles. The summed E-state index contributed by atoms with van der Waals surface area (Å²) in [6.07, 6.45) is 0.859. The monoisotopic (exact) mass is 263 g/mol. The van der Waals surface area contributed by atoms with Gasteiger partial charge in [0, 0.05) is 13.2 Å². The number of ether oxygens (including phenoxy) is 1. The molecule has 1 aliphatic rings. The first-order valence-corrected chi connectivity index (χ1v) is 6.56. The van der Waals surface area contributed by atoms with Crippen molar-refractivity contribution in [3.63, 3.8) is 0 Å². The van der Waals surface area contributed by atoms with Crippen LogP contribution < -0.4 is 16.4 Å². The number of amides is 2. The van der Waals surface area contributed by atoms with Crippen LogP contribution in [0.2, 0.25) is 0 Å². The number of urea groups is 1. The molecule has 2 atom stereocenters. The number of hydrogen-bond acceptors (Lipinski definition) is 3. The largest absolute Gasteiger partial charge is 0.379 e. The molecule has 2 unspecified atom stereocenters. The molecular formula is C14H21N3O2. The molecule has 2 rings (SSSR count). The molecule has 0 aromatic heterocycles. The van der Waals surface area contributed by atoms with Gasteiger partial charge in [0.05, 0.1) is 18.2 Å². The standard InChI is InChI=1S/C14H21N3O2/c1-14(10-15,11-5-3-2-4-6-11)17-13(18)16-12-7-8-19-9-12/h2-6,12H,7-10,15H2,1H3,(H2,16,17,18). The maximum Gasteiger partial charge on any atom is 0.315 e. The Kier molecular flexibility index (Phi) is 4.39. The van der Waals surface area contributed by atoms with E-state index >= 15 is 0 Å². The zero-order valence-electron chi connectivity index (χ0n) is 11.2. The molecule has 1 heterocycles. The van der Waals surface area contributed by atoms with Crippen molar-refractivity contribution in [2.75, 3.05) is 19.8 Å². The Morgan fingerprint density at radius 1 is 1.47 bits per heavy atom. The van der Waals surface area contributed by atoms with Gasteiger partial charge in [-0.2, -0.15) is 0 Å². The number of nitrogens with one attached hydrogen (secondary N) is 2. The van der Waals surface area contributed by atoms with Crippen molar-refractivity contribution in [3.8, 4) is 0 Å². The van der Waals surface area contributed by atoms with Crippen molar-refractivity contribution < 1.29 is 9.53 Å². The third-order valence-electron chi connectivity index (χ3n) is 3.47. The van der Waals surface area contributed by atoms with Crippen LogP contribution in [0.3, 0.4) is 0 Å². The highest BCUT2D eigenvalue weighted by atomic mass is 16.5. The fourth-order valence-corrected chi connectivity index (χ4v) is 2.17. The van der Waals surface area contributed by atoms with Crippen molar-refractivity contribution in [3.05, 3.63) is 35.9 Å². The normalized spacial score (nSPS) is 21.7. The maximum absolute atomic E-state index is 12.0. The fraction of sp³-hybridized carbons (Fsp3) is 0.500. The Bertz CT molecular complexity index is 418. The summed E-state index contributed by atoms with van der Waals surface area (Å²) in [5, 5.41) is 5.86. The minimum atomic E-state index is -0.565. The van der Waals surface area contributed by atoms with Crippen molar-refractivity contribution in [1.29, 1.82) is 0 Å². The summed E-state index contributed by atoms with van der Waals surface area (Å²) in [5.74, 6) is 0. The highest BCUT2D eigenvalue weighted by Crippen LogP contribution is 2.19. The van der Waals surface area contributed by atoms with E-state index in [2.05, 4.69) is 10.6 Å². The fourth-order valence-electron chi connectivity index (χ4n) is 2.17. The molecular weight excluding hydrogens is 242 g/mol. The third kappa shape index (κ3) is 3.45. The Morgan fingerprint density at radius 2 is 2.21 bits per heavy atom. The van der Waals surface area contributed by atoms with Crippen LogP contribution in [0.5, 0.6) is 0 Å². The number of rotatable bonds is 4. The van der Waals surface area contributed by atoms with Gasteiger partial charge in [-0.25, -0.2) is 4.79 Å². The Hall–Kier alpha value is -1.59. The summed E-state index contributed by atoms with van der Waals surface area (Å²) < 4.78 is 5.23. The lowest BCUT2D eigenvalue weighted by Crippen LogP contribution is -2.54. The van der Waals surface area contributed by atoms with E-state index in [0.29, 0.717) is 19.8 Å². The molecule has 5 heteroatoms. The van der Waals surface area contributed by atoms with E-state index in [1.807, 2.05) is 37.3 Å². The molecule has 0 aliphatic carbocycles. The number of nitrogens with two attached hydrogens (primary N) is 1. The molecule has 4 N–H and O–H groups in total. The molecule has 104 valence electrons. The van der Waals surface area contributed by atoms with Gasteiger partial charge in [-0.1, -0.05) is 30.3 Å². The summed E-state index contributed by atoms with van der Waals surface area (Å²) in [5.41, 5.74) is 6.26. The molecule has 5 nitrogen and oxygen atoms in total. The van der Waals surface area contributed by atoms with Crippen LogP contribution in [-0.4, -0.2) is 31.8 Å². The van der Waals surface area contributed by atoms with Gasteiger partial charge in [0.15, 0.2) is 0 Å². The van der Waals surface area contributed by atoms with Crippen molar-refractivity contribution >= 4 is 6.03 Å². The predicted octanol–water partition coefficient (Wildman–Crippen LogP) is 0.949. The molecule has 0 bridgehead atoms. The smallest absolute Gasteiger partial charge is 0.315 e. The third-order valence-corrected chi connectivity index (χ3v) is 3.47. The minimum absolute atomic E-state index is 0.0952. The predicted molar refractivity (Wildman–Crippen MR) is 73.7 cm³/mol. The highest BCUT2D eigenvalue weighted by Gasteiger charge is 2.28. The van der Waals surface area contributed by atoms with Crippen molar-refractivity contribution in [1.82, 2.24) is 10.6 Å². The highest BCUT2D eigenvalue weighted by molar-refractivity contribution is 5.75. The maximum atomic E-state index is 12.0. The van der Waals surface area contributed by atoms with Gasteiger partial charge in [0.25, 0.3) is 0 Å². The number of carbonyl (C=O) groups excluding carboxylic acids is 1. The molecule has 1 aromatic carbocycles. The number of carbonyl (C=O) groups is 1. The first kappa shape index (κ1) is 13.8. The van der Waals surface area contributed by atoms with Crippen LogP contribution in [0.15, 0.2) is 30.3 Å². The zero-order chi connectivity index (χ0) is 13.7. The molecule has 19 heavy (non-hydrogen) atoms. The average Bonchev–Trinajstić information content (AvgIpc) is 2.92. The quantitative estimate of drug-likeness (QED) is 0.757. The minimum Gasteiger partial charge on any atom is -0.379 e. The molecule has 1 saturated heterocycles. The lowest BCUT2D eigenvalue weighted by molar-refractivity contribution is 0.187. The summed E-state index contributed by atoms with van der Waals surface area (Å²) in [4.78, 5) is 12.0. The SMILES string of the molecule is CC(CN)(NC(=O)NC1CCOC1)c1ccccc1. The number of hydrogen-bond donors (Lipinski definition) is 3. The Balaban J connectivity index is 1.99. The van der Waals surface area contributed by atoms with Gasteiger partial charge in [0.1, 0.15) is 0 Å². The average molecular weight is 263 g/mol. The van der Waals surface area contributed by atoms with E-state index < -0.39 is 5.54 Å². The van der Waals surface area contributed by atoms with E-state index in [9.17, 15) is 4.79 Å². The second-order valence-electron chi connectivity index (χ2n) is 5.06. The summed E-state index contributed by atoms with van der Waals surface area (Å²) >= 11 is 0. The summed E-state index contributed by atoms with van der Waals surface area (Å²) in [6, 6.07) is 9.64. The number of benzene rings is 1. The van der Waals surface area contributed by atoms with Crippen LogP contribution in [0.4, 0.5) is 4.79 Å². The summed E-state index contributed by atoms with van der Waals surface area (Å²) in [7, 11) is 0. The second-order valence-corrected chi connectivity index (χ2v) is 5.06. The van der Waals surface area contributed by atoms with E-state index in [4.69, 9.17) is 10.5 Å². The Morgan fingerprint density at radius 3 is 2.79 bits per heavy atom. The molecule has 0 saturated carbocycles. The molecule has 1 fully saturated rings. The Labute approximate surface area is 113 Å².